The van der Waals surface area contributed by atoms with Crippen molar-refractivity contribution < 1.29 is 14.7 Å². The Kier molecular flexibility index (Phi) is 2.98. The van der Waals surface area contributed by atoms with Crippen molar-refractivity contribution in [3.63, 3.8) is 0 Å². The van der Waals surface area contributed by atoms with E-state index in [4.69, 9.17) is 10.4 Å². The zero-order valence-corrected chi connectivity index (χ0v) is 7.81. The molecule has 0 bridgehead atoms. The Bertz CT molecular complexity index is 462. The number of nitrogens with one attached hydrogen (secondary N) is 1. The summed E-state index contributed by atoms with van der Waals surface area (Å²) in [6.45, 7) is 1.27. The number of hydrogen-bond donors (Lipinski definition) is 2. The van der Waals surface area contributed by atoms with E-state index in [0.29, 0.717) is 0 Å². The highest BCUT2D eigenvalue weighted by atomic mass is 16.4. The molecule has 0 spiro atoms. The Balaban J connectivity index is 3.16. The number of nitriles is 1. The van der Waals surface area contributed by atoms with Crippen LogP contribution in [0.1, 0.15) is 22.8 Å². The van der Waals surface area contributed by atoms with Gasteiger partial charge in [0, 0.05) is 13.1 Å². The molecule has 15 heavy (non-hydrogen) atoms. The number of rotatable bonds is 2. The van der Waals surface area contributed by atoms with E-state index in [1.54, 1.807) is 6.07 Å². The lowest BCUT2D eigenvalue weighted by Gasteiger charge is -2.03. The van der Waals surface area contributed by atoms with Gasteiger partial charge in [-0.05, 0) is 6.07 Å². The van der Waals surface area contributed by atoms with Gasteiger partial charge in [0.1, 0.15) is 6.07 Å². The number of carboxylic acid groups (broad SMARTS) is 1. The molecule has 0 aliphatic rings. The van der Waals surface area contributed by atoms with E-state index in [1.807, 2.05) is 0 Å². The molecule has 1 rings (SSSR count). The van der Waals surface area contributed by atoms with Crippen molar-refractivity contribution in [3.05, 3.63) is 23.4 Å². The second-order valence-electron chi connectivity index (χ2n) is 2.72. The molecule has 0 aromatic carbocycles. The molecule has 6 nitrogen and oxygen atoms in total. The molecule has 2 N–H and O–H groups in total. The third kappa shape index (κ3) is 2.51. The monoisotopic (exact) mass is 205 g/mol. The number of anilines is 1. The number of carboxylic acids is 1. The average molecular weight is 205 g/mol. The fourth-order valence-corrected chi connectivity index (χ4v) is 0.933. The predicted octanol–water partition coefficient (Wildman–Crippen LogP) is 0.610. The van der Waals surface area contributed by atoms with Gasteiger partial charge in [-0.15, -0.1) is 0 Å². The van der Waals surface area contributed by atoms with Crippen LogP contribution in [0, 0.1) is 11.3 Å². The van der Waals surface area contributed by atoms with Gasteiger partial charge in [-0.3, -0.25) is 4.79 Å². The quantitative estimate of drug-likeness (QED) is 0.736. The molecule has 0 aliphatic carbocycles. The van der Waals surface area contributed by atoms with Crippen molar-refractivity contribution in [2.24, 2.45) is 0 Å². The van der Waals surface area contributed by atoms with Gasteiger partial charge in [0.25, 0.3) is 0 Å². The summed E-state index contributed by atoms with van der Waals surface area (Å²) in [7, 11) is 0. The van der Waals surface area contributed by atoms with Crippen molar-refractivity contribution >= 4 is 17.7 Å². The molecule has 0 radical (unpaired) electrons. The molecule has 1 aromatic rings. The van der Waals surface area contributed by atoms with Gasteiger partial charge in [-0.1, -0.05) is 0 Å². The van der Waals surface area contributed by atoms with Crippen molar-refractivity contribution in [1.82, 2.24) is 4.98 Å². The maximum Gasteiger partial charge on any atom is 0.337 e. The summed E-state index contributed by atoms with van der Waals surface area (Å²) in [6.07, 6.45) is 1.08. The Hall–Kier alpha value is -2.42. The summed E-state index contributed by atoms with van der Waals surface area (Å²) in [4.78, 5) is 25.0. The number of carbonyl (C=O) groups is 2. The Morgan fingerprint density at radius 1 is 1.60 bits per heavy atom. The third-order valence-corrected chi connectivity index (χ3v) is 1.55. The van der Waals surface area contributed by atoms with E-state index in [1.165, 1.54) is 6.92 Å². The third-order valence-electron chi connectivity index (χ3n) is 1.55. The lowest BCUT2D eigenvalue weighted by Crippen LogP contribution is -2.10. The van der Waals surface area contributed by atoms with Crippen LogP contribution < -0.4 is 5.32 Å². The lowest BCUT2D eigenvalue weighted by atomic mass is 10.2. The van der Waals surface area contributed by atoms with Crippen LogP contribution in [0.2, 0.25) is 0 Å². The molecule has 1 heterocycles. The Morgan fingerprint density at radius 2 is 2.27 bits per heavy atom. The smallest absolute Gasteiger partial charge is 0.337 e. The van der Waals surface area contributed by atoms with Crippen LogP contribution in [-0.4, -0.2) is 22.0 Å². The first kappa shape index (κ1) is 10.7. The summed E-state index contributed by atoms with van der Waals surface area (Å²) in [5.74, 6) is -1.48. The van der Waals surface area contributed by atoms with Crippen molar-refractivity contribution in [1.29, 1.82) is 5.26 Å². The SMILES string of the molecule is CC(=O)Nc1ncc(C(=O)O)cc1C#N. The van der Waals surface area contributed by atoms with Gasteiger partial charge in [0.2, 0.25) is 5.91 Å². The van der Waals surface area contributed by atoms with E-state index in [0.717, 1.165) is 12.3 Å². The first-order valence-corrected chi connectivity index (χ1v) is 3.95. The standard InChI is InChI=1S/C9H7N3O3/c1-5(13)12-8-6(3-10)2-7(4-11-8)9(14)15/h2,4H,1H3,(H,14,15)(H,11,12,13). The molecular weight excluding hydrogens is 198 g/mol. The summed E-state index contributed by atoms with van der Waals surface area (Å²) >= 11 is 0. The second-order valence-corrected chi connectivity index (χ2v) is 2.72. The fraction of sp³-hybridized carbons (Fsp3) is 0.111. The van der Waals surface area contributed by atoms with E-state index in [9.17, 15) is 9.59 Å². The van der Waals surface area contributed by atoms with Crippen molar-refractivity contribution in [3.8, 4) is 6.07 Å². The maximum atomic E-state index is 10.7. The Morgan fingerprint density at radius 3 is 2.73 bits per heavy atom. The molecule has 0 aliphatic heterocycles. The van der Waals surface area contributed by atoms with Crippen LogP contribution >= 0.6 is 0 Å². The number of nitrogens with zero attached hydrogens (tertiary/aromatic N) is 2. The zero-order valence-electron chi connectivity index (χ0n) is 7.81. The van der Waals surface area contributed by atoms with Crippen molar-refractivity contribution in [2.45, 2.75) is 6.92 Å². The van der Waals surface area contributed by atoms with Crippen LogP contribution in [0.4, 0.5) is 5.82 Å². The van der Waals surface area contributed by atoms with Crippen LogP contribution in [0.15, 0.2) is 12.3 Å². The summed E-state index contributed by atoms with van der Waals surface area (Å²) < 4.78 is 0. The highest BCUT2D eigenvalue weighted by molar-refractivity contribution is 5.91. The summed E-state index contributed by atoms with van der Waals surface area (Å²) in [6, 6.07) is 2.91. The largest absolute Gasteiger partial charge is 0.478 e. The van der Waals surface area contributed by atoms with E-state index in [-0.39, 0.29) is 22.9 Å². The highest BCUT2D eigenvalue weighted by Gasteiger charge is 2.10. The topological polar surface area (TPSA) is 103 Å². The molecule has 0 saturated heterocycles. The molecule has 0 atom stereocenters. The van der Waals surface area contributed by atoms with Crippen LogP contribution in [0.3, 0.4) is 0 Å². The molecule has 6 heteroatoms. The van der Waals surface area contributed by atoms with Gasteiger partial charge >= 0.3 is 5.97 Å². The molecule has 0 fully saturated rings. The first-order chi connectivity index (χ1) is 7.04. The van der Waals surface area contributed by atoms with E-state index < -0.39 is 5.97 Å². The number of pyridine rings is 1. The number of aromatic nitrogens is 1. The highest BCUT2D eigenvalue weighted by Crippen LogP contribution is 2.12. The molecule has 0 saturated carbocycles. The molecule has 1 amide bonds. The van der Waals surface area contributed by atoms with E-state index >= 15 is 0 Å². The number of hydrogen-bond acceptors (Lipinski definition) is 4. The maximum absolute atomic E-state index is 10.7. The van der Waals surface area contributed by atoms with Crippen molar-refractivity contribution in [2.75, 3.05) is 5.32 Å². The lowest BCUT2D eigenvalue weighted by molar-refractivity contribution is -0.114. The number of amides is 1. The van der Waals surface area contributed by atoms with Gasteiger partial charge in [-0.25, -0.2) is 9.78 Å². The minimum Gasteiger partial charge on any atom is -0.478 e. The van der Waals surface area contributed by atoms with Gasteiger partial charge in [0.05, 0.1) is 11.1 Å². The minimum absolute atomic E-state index is 0.0186. The normalized spacial score (nSPS) is 9.07. The average Bonchev–Trinajstić information content (AvgIpc) is 2.17. The zero-order chi connectivity index (χ0) is 11.4. The Labute approximate surface area is 85.2 Å². The van der Waals surface area contributed by atoms with E-state index in [2.05, 4.69) is 10.3 Å². The molecule has 1 aromatic heterocycles. The summed E-state index contributed by atoms with van der Waals surface area (Å²) in [5, 5.41) is 19.7. The number of carbonyl (C=O) groups excluding carboxylic acids is 1. The van der Waals surface area contributed by atoms with Gasteiger partial charge in [-0.2, -0.15) is 5.26 Å². The number of aromatic carboxylic acids is 1. The fourth-order valence-electron chi connectivity index (χ4n) is 0.933. The van der Waals surface area contributed by atoms with Gasteiger partial charge in [0.15, 0.2) is 5.82 Å². The molecule has 76 valence electrons. The molecule has 0 unspecified atom stereocenters. The summed E-state index contributed by atoms with van der Waals surface area (Å²) in [5.41, 5.74) is -0.0780. The molecular formula is C9H7N3O3. The van der Waals surface area contributed by atoms with Crippen LogP contribution in [0.5, 0.6) is 0 Å². The minimum atomic E-state index is -1.17. The predicted molar refractivity (Wildman–Crippen MR) is 50.2 cm³/mol. The van der Waals surface area contributed by atoms with Crippen LogP contribution in [-0.2, 0) is 4.79 Å². The van der Waals surface area contributed by atoms with Gasteiger partial charge < -0.3 is 10.4 Å². The van der Waals surface area contributed by atoms with Crippen LogP contribution in [0.25, 0.3) is 0 Å². The second kappa shape index (κ2) is 4.19. The first-order valence-electron chi connectivity index (χ1n) is 3.95.